The normalized spacial score (nSPS) is 13.1. The molecule has 21 heavy (non-hydrogen) atoms. The van der Waals surface area contributed by atoms with Gasteiger partial charge >= 0.3 is 0 Å². The number of carbonyl (C=O) groups excluding carboxylic acids is 1. The van der Waals surface area contributed by atoms with Gasteiger partial charge in [-0.25, -0.2) is 4.39 Å². The van der Waals surface area contributed by atoms with Crippen molar-refractivity contribution in [3.8, 4) is 0 Å². The van der Waals surface area contributed by atoms with Crippen LogP contribution in [0.15, 0.2) is 41.6 Å². The van der Waals surface area contributed by atoms with Crippen LogP contribution in [-0.4, -0.2) is 23.5 Å². The second-order valence-electron chi connectivity index (χ2n) is 4.78. The first-order valence-electron chi connectivity index (χ1n) is 6.47. The zero-order valence-corrected chi connectivity index (χ0v) is 11.5. The van der Waals surface area contributed by atoms with Crippen LogP contribution < -0.4 is 11.1 Å². The van der Waals surface area contributed by atoms with Crippen molar-refractivity contribution in [2.24, 2.45) is 16.8 Å². The summed E-state index contributed by atoms with van der Waals surface area (Å²) in [5, 5.41) is 15.1. The monoisotopic (exact) mass is 289 g/mol. The van der Waals surface area contributed by atoms with E-state index in [1.807, 2.05) is 0 Å². The molecule has 1 amide bonds. The Kier molecular flexibility index (Phi) is 4.37. The van der Waals surface area contributed by atoms with Crippen LogP contribution in [0, 0.1) is 11.7 Å². The second kappa shape index (κ2) is 6.21. The molecular weight excluding hydrogens is 273 g/mol. The van der Waals surface area contributed by atoms with Crippen molar-refractivity contribution in [2.75, 3.05) is 6.54 Å². The van der Waals surface area contributed by atoms with E-state index in [-0.39, 0.29) is 30.0 Å². The Morgan fingerprint density at radius 3 is 2.67 bits per heavy atom. The van der Waals surface area contributed by atoms with E-state index in [1.54, 1.807) is 31.2 Å². The minimum absolute atomic E-state index is 0.0410. The number of hydrogen-bond acceptors (Lipinski definition) is 3. The van der Waals surface area contributed by atoms with Gasteiger partial charge in [0.2, 0.25) is 0 Å². The molecule has 0 aromatic heterocycles. The maximum Gasteiger partial charge on any atom is 0.251 e. The van der Waals surface area contributed by atoms with Gasteiger partial charge in [0.05, 0.1) is 0 Å². The molecule has 4 N–H and O–H groups in total. The standard InChI is InChI=1S/C15H16FN3O2/c1-9(14(17)19-21)8-18-15(20)12-6-7-13(16)11-5-3-2-4-10(11)12/h2-7,9,21H,8H2,1H3,(H2,17,19)(H,18,20). The first-order chi connectivity index (χ1) is 10.0. The predicted molar refractivity (Wildman–Crippen MR) is 78.8 cm³/mol. The third-order valence-corrected chi connectivity index (χ3v) is 3.30. The van der Waals surface area contributed by atoms with Gasteiger partial charge < -0.3 is 16.3 Å². The zero-order chi connectivity index (χ0) is 15.4. The summed E-state index contributed by atoms with van der Waals surface area (Å²) >= 11 is 0. The number of nitrogens with one attached hydrogen (secondary N) is 1. The van der Waals surface area contributed by atoms with E-state index in [9.17, 15) is 9.18 Å². The highest BCUT2D eigenvalue weighted by Crippen LogP contribution is 2.21. The molecule has 1 unspecified atom stereocenters. The lowest BCUT2D eigenvalue weighted by molar-refractivity contribution is 0.0952. The van der Waals surface area contributed by atoms with Crippen LogP contribution in [0.5, 0.6) is 0 Å². The largest absolute Gasteiger partial charge is 0.409 e. The number of amides is 1. The fraction of sp³-hybridized carbons (Fsp3) is 0.200. The van der Waals surface area contributed by atoms with E-state index >= 15 is 0 Å². The van der Waals surface area contributed by atoms with E-state index in [1.165, 1.54) is 12.1 Å². The number of hydrogen-bond donors (Lipinski definition) is 3. The molecule has 0 saturated carbocycles. The fourth-order valence-electron chi connectivity index (χ4n) is 2.00. The summed E-state index contributed by atoms with van der Waals surface area (Å²) in [4.78, 5) is 12.2. The van der Waals surface area contributed by atoms with Gasteiger partial charge in [-0.1, -0.05) is 36.3 Å². The Morgan fingerprint density at radius 1 is 1.33 bits per heavy atom. The predicted octanol–water partition coefficient (Wildman–Crippen LogP) is 2.09. The second-order valence-corrected chi connectivity index (χ2v) is 4.78. The quantitative estimate of drug-likeness (QED) is 0.348. The number of amidine groups is 1. The number of rotatable bonds is 4. The van der Waals surface area contributed by atoms with Gasteiger partial charge in [0.15, 0.2) is 0 Å². The molecule has 6 heteroatoms. The van der Waals surface area contributed by atoms with Gasteiger partial charge in [0.1, 0.15) is 11.7 Å². The molecule has 2 aromatic rings. The average Bonchev–Trinajstić information content (AvgIpc) is 2.52. The molecule has 5 nitrogen and oxygen atoms in total. The lowest BCUT2D eigenvalue weighted by Gasteiger charge is -2.12. The Morgan fingerprint density at radius 2 is 2.00 bits per heavy atom. The lowest BCUT2D eigenvalue weighted by Crippen LogP contribution is -2.34. The van der Waals surface area contributed by atoms with Crippen LogP contribution >= 0.6 is 0 Å². The Labute approximate surface area is 121 Å². The molecule has 0 aliphatic rings. The van der Waals surface area contributed by atoms with Crippen LogP contribution in [0.1, 0.15) is 17.3 Å². The van der Waals surface area contributed by atoms with Gasteiger partial charge in [-0.3, -0.25) is 4.79 Å². The Balaban J connectivity index is 2.23. The van der Waals surface area contributed by atoms with Crippen molar-refractivity contribution in [1.82, 2.24) is 5.32 Å². The maximum atomic E-state index is 13.7. The summed E-state index contributed by atoms with van der Waals surface area (Å²) in [6, 6.07) is 9.50. The molecule has 0 saturated heterocycles. The molecular formula is C15H16FN3O2. The lowest BCUT2D eigenvalue weighted by atomic mass is 10.0. The first kappa shape index (κ1) is 14.8. The van der Waals surface area contributed by atoms with E-state index in [0.29, 0.717) is 16.3 Å². The molecule has 2 rings (SSSR count). The summed E-state index contributed by atoms with van der Waals surface area (Å²) in [5.74, 6) is -0.958. The van der Waals surface area contributed by atoms with Gasteiger partial charge in [0, 0.05) is 23.4 Å². The van der Waals surface area contributed by atoms with Crippen LogP contribution in [0.25, 0.3) is 10.8 Å². The molecule has 0 aliphatic carbocycles. The molecule has 0 radical (unpaired) electrons. The van der Waals surface area contributed by atoms with Gasteiger partial charge in [-0.05, 0) is 17.5 Å². The van der Waals surface area contributed by atoms with Crippen LogP contribution in [0.3, 0.4) is 0 Å². The average molecular weight is 289 g/mol. The van der Waals surface area contributed by atoms with E-state index in [0.717, 1.165) is 0 Å². The summed E-state index contributed by atoms with van der Waals surface area (Å²) < 4.78 is 13.7. The summed E-state index contributed by atoms with van der Waals surface area (Å²) in [5.41, 5.74) is 5.84. The molecule has 0 bridgehead atoms. The molecule has 0 fully saturated rings. The van der Waals surface area contributed by atoms with Crippen molar-refractivity contribution in [3.05, 3.63) is 47.8 Å². The van der Waals surface area contributed by atoms with Crippen molar-refractivity contribution < 1.29 is 14.4 Å². The van der Waals surface area contributed by atoms with Crippen molar-refractivity contribution in [1.29, 1.82) is 0 Å². The van der Waals surface area contributed by atoms with Crippen molar-refractivity contribution in [2.45, 2.75) is 6.92 Å². The number of carbonyl (C=O) groups is 1. The highest BCUT2D eigenvalue weighted by atomic mass is 19.1. The van der Waals surface area contributed by atoms with Gasteiger partial charge in [-0.15, -0.1) is 0 Å². The van der Waals surface area contributed by atoms with Crippen molar-refractivity contribution >= 4 is 22.5 Å². The van der Waals surface area contributed by atoms with Crippen LogP contribution in [0.4, 0.5) is 4.39 Å². The fourth-order valence-corrected chi connectivity index (χ4v) is 2.00. The molecule has 0 heterocycles. The Hall–Kier alpha value is -2.63. The van der Waals surface area contributed by atoms with E-state index < -0.39 is 0 Å². The first-order valence-corrected chi connectivity index (χ1v) is 6.47. The van der Waals surface area contributed by atoms with Gasteiger partial charge in [0.25, 0.3) is 5.91 Å². The minimum Gasteiger partial charge on any atom is -0.409 e. The van der Waals surface area contributed by atoms with Crippen LogP contribution in [0.2, 0.25) is 0 Å². The zero-order valence-electron chi connectivity index (χ0n) is 11.5. The Bertz CT molecular complexity index is 700. The van der Waals surface area contributed by atoms with E-state index in [2.05, 4.69) is 10.5 Å². The number of benzene rings is 2. The number of oxime groups is 1. The smallest absolute Gasteiger partial charge is 0.251 e. The maximum absolute atomic E-state index is 13.7. The molecule has 110 valence electrons. The third kappa shape index (κ3) is 3.10. The number of nitrogens with zero attached hydrogens (tertiary/aromatic N) is 1. The molecule has 0 spiro atoms. The number of fused-ring (bicyclic) bond motifs is 1. The highest BCUT2D eigenvalue weighted by molar-refractivity contribution is 6.07. The third-order valence-electron chi connectivity index (χ3n) is 3.30. The molecule has 1 atom stereocenters. The summed E-state index contributed by atoms with van der Waals surface area (Å²) in [6.45, 7) is 1.94. The molecule has 0 aliphatic heterocycles. The SMILES string of the molecule is CC(CNC(=O)c1ccc(F)c2ccccc12)/C(N)=N/O. The van der Waals surface area contributed by atoms with Gasteiger partial charge in [-0.2, -0.15) is 0 Å². The van der Waals surface area contributed by atoms with Crippen LogP contribution in [-0.2, 0) is 0 Å². The summed E-state index contributed by atoms with van der Waals surface area (Å²) in [6.07, 6.45) is 0. The highest BCUT2D eigenvalue weighted by Gasteiger charge is 2.14. The minimum atomic E-state index is -0.368. The summed E-state index contributed by atoms with van der Waals surface area (Å²) in [7, 11) is 0. The topological polar surface area (TPSA) is 87.7 Å². The number of nitrogens with two attached hydrogens (primary N) is 1. The number of halogens is 1. The molecule has 2 aromatic carbocycles. The van der Waals surface area contributed by atoms with E-state index in [4.69, 9.17) is 10.9 Å². The van der Waals surface area contributed by atoms with Crippen molar-refractivity contribution in [3.63, 3.8) is 0 Å².